The minimum atomic E-state index is 0.661. The average molecular weight is 331 g/mol. The van der Waals surface area contributed by atoms with Crippen molar-refractivity contribution in [1.82, 2.24) is 30.0 Å². The van der Waals surface area contributed by atoms with Crippen LogP contribution in [-0.2, 0) is 13.1 Å². The lowest BCUT2D eigenvalue weighted by Gasteiger charge is -2.15. The molecule has 0 unspecified atom stereocenters. The Morgan fingerprint density at radius 3 is 1.60 bits per heavy atom. The van der Waals surface area contributed by atoms with Crippen LogP contribution in [0.5, 0.6) is 0 Å². The van der Waals surface area contributed by atoms with Crippen LogP contribution < -0.4 is 5.32 Å². The number of aromatic nitrogens is 6. The molecule has 0 aliphatic rings. The van der Waals surface area contributed by atoms with Crippen molar-refractivity contribution in [3.63, 3.8) is 0 Å². The molecule has 0 saturated heterocycles. The number of anilines is 2. The third-order valence-electron chi connectivity index (χ3n) is 3.91. The van der Waals surface area contributed by atoms with Gasteiger partial charge in [0.15, 0.2) is 0 Å². The molecule has 0 amide bonds. The molecule has 2 aromatic carbocycles. The van der Waals surface area contributed by atoms with Gasteiger partial charge in [0.2, 0.25) is 0 Å². The molecule has 2 heterocycles. The monoisotopic (exact) mass is 331 g/mol. The van der Waals surface area contributed by atoms with E-state index >= 15 is 0 Å². The van der Waals surface area contributed by atoms with Crippen LogP contribution >= 0.6 is 0 Å². The van der Waals surface area contributed by atoms with Gasteiger partial charge in [-0.1, -0.05) is 46.8 Å². The maximum atomic E-state index is 4.05. The highest BCUT2D eigenvalue weighted by atomic mass is 15.4. The van der Waals surface area contributed by atoms with Gasteiger partial charge < -0.3 is 5.32 Å². The van der Waals surface area contributed by atoms with Crippen LogP contribution in [0, 0.1) is 0 Å². The minimum absolute atomic E-state index is 0.661. The Hall–Kier alpha value is -3.48. The summed E-state index contributed by atoms with van der Waals surface area (Å²) in [6.07, 6.45) is 7.08. The molecule has 25 heavy (non-hydrogen) atoms. The van der Waals surface area contributed by atoms with Gasteiger partial charge in [0.25, 0.3) is 0 Å². The van der Waals surface area contributed by atoms with E-state index in [1.165, 1.54) is 0 Å². The number of hydrogen-bond acceptors (Lipinski definition) is 5. The first kappa shape index (κ1) is 15.1. The van der Waals surface area contributed by atoms with Crippen molar-refractivity contribution in [2.24, 2.45) is 0 Å². The molecule has 0 bridgehead atoms. The van der Waals surface area contributed by atoms with Gasteiger partial charge in [-0.05, 0) is 23.3 Å². The second-order valence-corrected chi connectivity index (χ2v) is 5.64. The molecule has 0 spiro atoms. The van der Waals surface area contributed by atoms with E-state index in [2.05, 4.69) is 50.2 Å². The summed E-state index contributed by atoms with van der Waals surface area (Å²) < 4.78 is 3.61. The van der Waals surface area contributed by atoms with Crippen molar-refractivity contribution < 1.29 is 0 Å². The van der Waals surface area contributed by atoms with E-state index in [9.17, 15) is 0 Å². The van der Waals surface area contributed by atoms with Crippen molar-refractivity contribution in [2.45, 2.75) is 13.1 Å². The van der Waals surface area contributed by atoms with E-state index < -0.39 is 0 Å². The molecule has 7 heteroatoms. The molecule has 124 valence electrons. The zero-order valence-corrected chi connectivity index (χ0v) is 13.5. The van der Waals surface area contributed by atoms with Crippen LogP contribution in [0.25, 0.3) is 0 Å². The highest BCUT2D eigenvalue weighted by Gasteiger charge is 2.07. The quantitative estimate of drug-likeness (QED) is 0.588. The summed E-state index contributed by atoms with van der Waals surface area (Å²) in [5.41, 5.74) is 4.38. The Morgan fingerprint density at radius 2 is 1.16 bits per heavy atom. The van der Waals surface area contributed by atoms with Gasteiger partial charge in [-0.15, -0.1) is 10.2 Å². The van der Waals surface area contributed by atoms with Crippen molar-refractivity contribution in [1.29, 1.82) is 0 Å². The molecule has 0 fully saturated rings. The van der Waals surface area contributed by atoms with Gasteiger partial charge in [-0.25, -0.2) is 9.36 Å². The Morgan fingerprint density at radius 1 is 0.680 bits per heavy atom. The van der Waals surface area contributed by atoms with Gasteiger partial charge >= 0.3 is 0 Å². The van der Waals surface area contributed by atoms with Crippen LogP contribution in [-0.4, -0.2) is 30.0 Å². The molecule has 0 radical (unpaired) electrons. The number of nitrogens with zero attached hydrogens (tertiary/aromatic N) is 6. The van der Waals surface area contributed by atoms with E-state index in [4.69, 9.17) is 0 Å². The SMILES string of the molecule is c1ccc(Nc2ccccc2Cn2ccnn2)c(Cn2ccnn2)c1. The first-order valence-electron chi connectivity index (χ1n) is 7.99. The molecular formula is C18H17N7. The predicted octanol–water partition coefficient (Wildman–Crippen LogP) is 2.71. The fraction of sp³-hybridized carbons (Fsp3) is 0.111. The molecular weight excluding hydrogens is 314 g/mol. The van der Waals surface area contributed by atoms with Crippen LogP contribution in [0.4, 0.5) is 11.4 Å². The Kier molecular flexibility index (Phi) is 4.20. The molecule has 0 atom stereocenters. The first-order valence-corrected chi connectivity index (χ1v) is 7.99. The van der Waals surface area contributed by atoms with Gasteiger partial charge in [0.1, 0.15) is 0 Å². The van der Waals surface area contributed by atoms with Crippen molar-refractivity contribution in [3.8, 4) is 0 Å². The standard InChI is InChI=1S/C18H17N7/c1-3-7-17(15(5-1)13-24-11-9-19-22-24)21-18-8-4-2-6-16(18)14-25-12-10-20-23-25/h1-12,21H,13-14H2. The highest BCUT2D eigenvalue weighted by Crippen LogP contribution is 2.24. The molecule has 1 N–H and O–H groups in total. The van der Waals surface area contributed by atoms with Crippen LogP contribution in [0.1, 0.15) is 11.1 Å². The van der Waals surface area contributed by atoms with E-state index in [0.29, 0.717) is 13.1 Å². The van der Waals surface area contributed by atoms with Gasteiger partial charge in [-0.2, -0.15) is 0 Å². The second-order valence-electron chi connectivity index (χ2n) is 5.64. The lowest BCUT2D eigenvalue weighted by molar-refractivity contribution is 0.649. The van der Waals surface area contributed by atoms with Gasteiger partial charge in [0, 0.05) is 23.8 Å². The molecule has 4 rings (SSSR count). The van der Waals surface area contributed by atoms with Gasteiger partial charge in [0.05, 0.1) is 25.5 Å². The van der Waals surface area contributed by atoms with Crippen molar-refractivity contribution in [3.05, 3.63) is 84.4 Å². The lowest BCUT2D eigenvalue weighted by atomic mass is 10.1. The van der Waals surface area contributed by atoms with Gasteiger partial charge in [-0.3, -0.25) is 0 Å². The summed E-state index contributed by atoms with van der Waals surface area (Å²) in [6.45, 7) is 1.32. The third kappa shape index (κ3) is 3.55. The normalized spacial score (nSPS) is 10.7. The van der Waals surface area contributed by atoms with Crippen LogP contribution in [0.15, 0.2) is 73.3 Å². The molecule has 7 nitrogen and oxygen atoms in total. The Bertz CT molecular complexity index is 852. The summed E-state index contributed by atoms with van der Waals surface area (Å²) in [5, 5.41) is 19.4. The average Bonchev–Trinajstić information content (AvgIpc) is 3.32. The number of hydrogen-bond donors (Lipinski definition) is 1. The smallest absolute Gasteiger partial charge is 0.0697 e. The maximum absolute atomic E-state index is 4.05. The zero-order chi connectivity index (χ0) is 16.9. The molecule has 2 aromatic heterocycles. The van der Waals surface area contributed by atoms with Crippen molar-refractivity contribution >= 4 is 11.4 Å². The van der Waals surface area contributed by atoms with Crippen molar-refractivity contribution in [2.75, 3.05) is 5.32 Å². The fourth-order valence-electron chi connectivity index (χ4n) is 2.69. The van der Waals surface area contributed by atoms with Crippen LogP contribution in [0.2, 0.25) is 0 Å². The zero-order valence-electron chi connectivity index (χ0n) is 13.5. The topological polar surface area (TPSA) is 73.5 Å². The fourth-order valence-corrected chi connectivity index (χ4v) is 2.69. The summed E-state index contributed by atoms with van der Waals surface area (Å²) in [7, 11) is 0. The number of nitrogens with one attached hydrogen (secondary N) is 1. The molecule has 0 saturated carbocycles. The largest absolute Gasteiger partial charge is 0.355 e. The molecule has 4 aromatic rings. The third-order valence-corrected chi connectivity index (χ3v) is 3.91. The van der Waals surface area contributed by atoms with Crippen LogP contribution in [0.3, 0.4) is 0 Å². The number of benzene rings is 2. The lowest BCUT2D eigenvalue weighted by Crippen LogP contribution is -2.06. The highest BCUT2D eigenvalue weighted by molar-refractivity contribution is 5.66. The number of rotatable bonds is 6. The number of para-hydroxylation sites is 2. The van der Waals surface area contributed by atoms with E-state index in [1.54, 1.807) is 12.4 Å². The first-order chi connectivity index (χ1) is 12.4. The summed E-state index contributed by atoms with van der Waals surface area (Å²) in [4.78, 5) is 0. The summed E-state index contributed by atoms with van der Waals surface area (Å²) in [5.74, 6) is 0. The molecule has 0 aliphatic carbocycles. The predicted molar refractivity (Wildman–Crippen MR) is 94.4 cm³/mol. The Labute approximate surface area is 144 Å². The molecule has 0 aliphatic heterocycles. The Balaban J connectivity index is 1.60. The van der Waals surface area contributed by atoms with E-state index in [-0.39, 0.29) is 0 Å². The second kappa shape index (κ2) is 6.96. The maximum Gasteiger partial charge on any atom is 0.0697 e. The summed E-state index contributed by atoms with van der Waals surface area (Å²) in [6, 6.07) is 16.4. The van der Waals surface area contributed by atoms with E-state index in [0.717, 1.165) is 22.5 Å². The minimum Gasteiger partial charge on any atom is -0.355 e. The van der Waals surface area contributed by atoms with E-state index in [1.807, 2.05) is 46.0 Å². The summed E-state index contributed by atoms with van der Waals surface area (Å²) >= 11 is 0.